The van der Waals surface area contributed by atoms with Crippen molar-refractivity contribution in [3.05, 3.63) is 107 Å². The fraction of sp³-hybridized carbons (Fsp3) is 0.353. The number of aliphatic hydroxyl groups excluding tert-OH is 1. The first-order valence-corrected chi connectivity index (χ1v) is 14.4. The number of carbonyl (C=O) groups is 4. The predicted octanol–water partition coefficient (Wildman–Crippen LogP) is 3.06. The molecule has 0 aliphatic carbocycles. The van der Waals surface area contributed by atoms with E-state index in [9.17, 15) is 24.3 Å². The molecule has 0 saturated heterocycles. The van der Waals surface area contributed by atoms with Gasteiger partial charge in [0, 0.05) is 31.0 Å². The Bertz CT molecular complexity index is 1370. The third kappa shape index (κ3) is 11.4. The van der Waals surface area contributed by atoms with Crippen LogP contribution in [0.1, 0.15) is 61.2 Å². The van der Waals surface area contributed by atoms with Crippen molar-refractivity contribution in [3.8, 4) is 0 Å². The van der Waals surface area contributed by atoms with Crippen LogP contribution >= 0.6 is 0 Å². The summed E-state index contributed by atoms with van der Waals surface area (Å²) in [6.45, 7) is 7.23. The Labute approximate surface area is 253 Å². The summed E-state index contributed by atoms with van der Waals surface area (Å²) in [7, 11) is 0. The maximum absolute atomic E-state index is 13.5. The molecule has 9 nitrogen and oxygen atoms in total. The first-order valence-electron chi connectivity index (χ1n) is 14.4. The second-order valence-electron chi connectivity index (χ2n) is 11.7. The Morgan fingerprint density at radius 2 is 1.35 bits per heavy atom. The molecule has 3 rings (SSSR count). The molecule has 0 radical (unpaired) electrons. The number of nitrogens with one attached hydrogen (secondary N) is 4. The van der Waals surface area contributed by atoms with Crippen LogP contribution in [0.25, 0.3) is 0 Å². The van der Waals surface area contributed by atoms with E-state index in [1.165, 1.54) is 6.92 Å². The van der Waals surface area contributed by atoms with Crippen molar-refractivity contribution >= 4 is 23.6 Å². The maximum atomic E-state index is 13.5. The molecule has 0 fully saturated rings. The first-order chi connectivity index (χ1) is 20.4. The van der Waals surface area contributed by atoms with Crippen molar-refractivity contribution < 1.29 is 24.3 Å². The summed E-state index contributed by atoms with van der Waals surface area (Å²) in [5.74, 6) is -1.72. The van der Waals surface area contributed by atoms with Gasteiger partial charge in [0.15, 0.2) is 0 Å². The standard InChI is InChI=1S/C34H42N4O5/c1-23(39)36-29(21-31(41)35-22-25-15-9-6-10-16-25)33(43)37-28(19-24-13-7-5-8-14-24)30(40)20-26-17-11-12-18-27(26)32(42)38-34(2,3)4/h5-18,28-30,40H,19-22H2,1-4H3,(H,35,41)(H,36,39)(H,37,43)(H,38,42)/t28-,29+,30+/m0/s1. The molecule has 0 aliphatic rings. The highest BCUT2D eigenvalue weighted by Crippen LogP contribution is 2.17. The fourth-order valence-corrected chi connectivity index (χ4v) is 4.64. The van der Waals surface area contributed by atoms with Crippen LogP contribution in [-0.2, 0) is 33.8 Å². The zero-order chi connectivity index (χ0) is 31.4. The SMILES string of the molecule is CC(=O)N[C@H](CC(=O)NCc1ccccc1)C(=O)N[C@@H](Cc1ccccc1)[C@H](O)Cc1ccccc1C(=O)NC(C)(C)C. The largest absolute Gasteiger partial charge is 0.391 e. The second-order valence-corrected chi connectivity index (χ2v) is 11.7. The van der Waals surface area contributed by atoms with Crippen molar-refractivity contribution in [2.75, 3.05) is 0 Å². The number of rotatable bonds is 13. The minimum atomic E-state index is -1.15. The summed E-state index contributed by atoms with van der Waals surface area (Å²) in [5, 5.41) is 22.6. The Kier molecular flexibility index (Phi) is 12.0. The van der Waals surface area contributed by atoms with E-state index < -0.39 is 41.4 Å². The summed E-state index contributed by atoms with van der Waals surface area (Å²) in [6, 6.07) is 23.8. The summed E-state index contributed by atoms with van der Waals surface area (Å²) in [4.78, 5) is 51.2. The number of carbonyl (C=O) groups excluding carboxylic acids is 4. The molecule has 3 aromatic carbocycles. The molecule has 0 aliphatic heterocycles. The van der Waals surface area contributed by atoms with Gasteiger partial charge >= 0.3 is 0 Å². The number of benzene rings is 3. The number of hydrogen-bond acceptors (Lipinski definition) is 5. The minimum Gasteiger partial charge on any atom is -0.391 e. The highest BCUT2D eigenvalue weighted by atomic mass is 16.3. The molecule has 228 valence electrons. The highest BCUT2D eigenvalue weighted by molar-refractivity contribution is 5.96. The Balaban J connectivity index is 1.78. The van der Waals surface area contributed by atoms with Gasteiger partial charge in [0.05, 0.1) is 18.6 Å². The monoisotopic (exact) mass is 586 g/mol. The van der Waals surface area contributed by atoms with E-state index in [1.807, 2.05) is 81.4 Å². The van der Waals surface area contributed by atoms with E-state index in [2.05, 4.69) is 21.3 Å². The molecule has 4 amide bonds. The molecule has 3 atom stereocenters. The molecule has 43 heavy (non-hydrogen) atoms. The van der Waals surface area contributed by atoms with Gasteiger partial charge in [-0.25, -0.2) is 0 Å². The molecule has 9 heteroatoms. The summed E-state index contributed by atoms with van der Waals surface area (Å²) in [6.07, 6.45) is -0.981. The minimum absolute atomic E-state index is 0.0912. The van der Waals surface area contributed by atoms with Gasteiger partial charge in [0.2, 0.25) is 17.7 Å². The summed E-state index contributed by atoms with van der Waals surface area (Å²) < 4.78 is 0. The third-order valence-corrected chi connectivity index (χ3v) is 6.69. The summed E-state index contributed by atoms with van der Waals surface area (Å²) in [5.41, 5.74) is 2.40. The van der Waals surface area contributed by atoms with Crippen LogP contribution in [0, 0.1) is 0 Å². The van der Waals surface area contributed by atoms with Gasteiger partial charge in [0.25, 0.3) is 5.91 Å². The third-order valence-electron chi connectivity index (χ3n) is 6.69. The van der Waals surface area contributed by atoms with Crippen LogP contribution in [0.15, 0.2) is 84.9 Å². The van der Waals surface area contributed by atoms with Crippen molar-refractivity contribution in [1.29, 1.82) is 0 Å². The smallest absolute Gasteiger partial charge is 0.251 e. The Morgan fingerprint density at radius 3 is 1.95 bits per heavy atom. The van der Waals surface area contributed by atoms with Crippen molar-refractivity contribution in [3.63, 3.8) is 0 Å². The molecule has 3 aromatic rings. The van der Waals surface area contributed by atoms with Gasteiger partial charge in [-0.05, 0) is 49.9 Å². The maximum Gasteiger partial charge on any atom is 0.251 e. The topological polar surface area (TPSA) is 137 Å². The first kappa shape index (κ1) is 33.0. The average molecular weight is 587 g/mol. The van der Waals surface area contributed by atoms with Gasteiger partial charge < -0.3 is 26.4 Å². The molecule has 0 bridgehead atoms. The van der Waals surface area contributed by atoms with E-state index in [0.717, 1.165) is 11.1 Å². The van der Waals surface area contributed by atoms with Crippen LogP contribution < -0.4 is 21.3 Å². The second kappa shape index (κ2) is 15.7. The number of hydrogen-bond donors (Lipinski definition) is 5. The molecule has 0 spiro atoms. The van der Waals surface area contributed by atoms with E-state index >= 15 is 0 Å². The van der Waals surface area contributed by atoms with Crippen molar-refractivity contribution in [2.45, 2.75) is 77.2 Å². The van der Waals surface area contributed by atoms with E-state index in [4.69, 9.17) is 0 Å². The lowest BCUT2D eigenvalue weighted by molar-refractivity contribution is -0.132. The number of amides is 4. The highest BCUT2D eigenvalue weighted by Gasteiger charge is 2.29. The average Bonchev–Trinajstić information content (AvgIpc) is 2.95. The van der Waals surface area contributed by atoms with Gasteiger partial charge in [-0.15, -0.1) is 0 Å². The zero-order valence-electron chi connectivity index (χ0n) is 25.2. The van der Waals surface area contributed by atoms with Crippen molar-refractivity contribution in [2.24, 2.45) is 0 Å². The molecule has 0 aromatic heterocycles. The molecule has 5 N–H and O–H groups in total. The van der Waals surface area contributed by atoms with E-state index in [1.54, 1.807) is 24.3 Å². The number of aliphatic hydroxyl groups is 1. The Hall–Kier alpha value is -4.50. The van der Waals surface area contributed by atoms with Crippen LogP contribution in [0.5, 0.6) is 0 Å². The predicted molar refractivity (Wildman–Crippen MR) is 166 cm³/mol. The van der Waals surface area contributed by atoms with Gasteiger partial charge in [-0.1, -0.05) is 78.9 Å². The quantitative estimate of drug-likeness (QED) is 0.210. The lowest BCUT2D eigenvalue weighted by Gasteiger charge is -2.28. The lowest BCUT2D eigenvalue weighted by Crippen LogP contribution is -2.54. The van der Waals surface area contributed by atoms with Crippen LogP contribution in [-0.4, -0.2) is 52.5 Å². The zero-order valence-corrected chi connectivity index (χ0v) is 25.2. The lowest BCUT2D eigenvalue weighted by atomic mass is 9.93. The molecular formula is C34H42N4O5. The van der Waals surface area contributed by atoms with Gasteiger partial charge in [-0.2, -0.15) is 0 Å². The van der Waals surface area contributed by atoms with Gasteiger partial charge in [-0.3, -0.25) is 19.2 Å². The van der Waals surface area contributed by atoms with E-state index in [0.29, 0.717) is 11.1 Å². The molecule has 0 saturated carbocycles. The van der Waals surface area contributed by atoms with E-state index in [-0.39, 0.29) is 31.7 Å². The molecular weight excluding hydrogens is 544 g/mol. The molecule has 0 unspecified atom stereocenters. The van der Waals surface area contributed by atoms with Crippen LogP contribution in [0.2, 0.25) is 0 Å². The normalized spacial score (nSPS) is 13.2. The summed E-state index contributed by atoms with van der Waals surface area (Å²) >= 11 is 0. The van der Waals surface area contributed by atoms with Crippen LogP contribution in [0.3, 0.4) is 0 Å². The fourth-order valence-electron chi connectivity index (χ4n) is 4.64. The van der Waals surface area contributed by atoms with Gasteiger partial charge in [0.1, 0.15) is 6.04 Å². The van der Waals surface area contributed by atoms with Crippen LogP contribution in [0.4, 0.5) is 0 Å². The molecule has 0 heterocycles. The Morgan fingerprint density at radius 1 is 0.767 bits per heavy atom. The van der Waals surface area contributed by atoms with Crippen molar-refractivity contribution in [1.82, 2.24) is 21.3 Å².